The third-order valence-corrected chi connectivity index (χ3v) is 4.88. The SMILES string of the molecule is COc1cccc(OCC(=O)C2C(=O)OC(CCCN3CCOCC3)C2=O)c1. The summed E-state index contributed by atoms with van der Waals surface area (Å²) in [6.45, 7) is 3.58. The molecule has 1 aromatic rings. The topological polar surface area (TPSA) is 91.4 Å². The number of ether oxygens (including phenoxy) is 4. The Morgan fingerprint density at radius 2 is 1.96 bits per heavy atom. The van der Waals surface area contributed by atoms with Crippen LogP contribution in [0.2, 0.25) is 0 Å². The summed E-state index contributed by atoms with van der Waals surface area (Å²) in [7, 11) is 1.52. The number of carbonyl (C=O) groups is 3. The molecule has 0 bridgehead atoms. The maximum absolute atomic E-state index is 12.5. The van der Waals surface area contributed by atoms with Crippen molar-refractivity contribution in [3.63, 3.8) is 0 Å². The van der Waals surface area contributed by atoms with Gasteiger partial charge in [0.1, 0.15) is 18.1 Å². The molecule has 2 fully saturated rings. The number of ketones is 2. The first kappa shape index (κ1) is 20.3. The molecule has 28 heavy (non-hydrogen) atoms. The van der Waals surface area contributed by atoms with Crippen LogP contribution in [0.1, 0.15) is 12.8 Å². The van der Waals surface area contributed by atoms with Crippen LogP contribution in [0.25, 0.3) is 0 Å². The van der Waals surface area contributed by atoms with Crippen molar-refractivity contribution in [2.24, 2.45) is 5.92 Å². The molecule has 2 unspecified atom stereocenters. The molecule has 0 spiro atoms. The van der Waals surface area contributed by atoms with Crippen molar-refractivity contribution >= 4 is 17.5 Å². The average Bonchev–Trinajstić information content (AvgIpc) is 3.00. The maximum atomic E-state index is 12.5. The Morgan fingerprint density at radius 1 is 1.21 bits per heavy atom. The van der Waals surface area contributed by atoms with Gasteiger partial charge in [0.2, 0.25) is 0 Å². The third kappa shape index (κ3) is 5.08. The van der Waals surface area contributed by atoms with Crippen molar-refractivity contribution < 1.29 is 33.3 Å². The molecular weight excluding hydrogens is 366 g/mol. The molecule has 2 saturated heterocycles. The van der Waals surface area contributed by atoms with Gasteiger partial charge in [-0.3, -0.25) is 19.3 Å². The van der Waals surface area contributed by atoms with Crippen LogP contribution in [0.4, 0.5) is 0 Å². The summed E-state index contributed by atoms with van der Waals surface area (Å²) in [5.74, 6) is -2.21. The highest BCUT2D eigenvalue weighted by Crippen LogP contribution is 2.23. The zero-order valence-electron chi connectivity index (χ0n) is 15.9. The average molecular weight is 391 g/mol. The van der Waals surface area contributed by atoms with Gasteiger partial charge in [0, 0.05) is 19.2 Å². The van der Waals surface area contributed by atoms with Gasteiger partial charge < -0.3 is 18.9 Å². The Kier molecular flexibility index (Phi) is 7.00. The highest BCUT2D eigenvalue weighted by molar-refractivity contribution is 6.22. The predicted molar refractivity (Wildman–Crippen MR) is 98.4 cm³/mol. The Balaban J connectivity index is 1.47. The summed E-state index contributed by atoms with van der Waals surface area (Å²) < 4.78 is 20.9. The van der Waals surface area contributed by atoms with Crippen LogP contribution < -0.4 is 9.47 Å². The summed E-state index contributed by atoms with van der Waals surface area (Å²) in [6, 6.07) is 6.75. The predicted octanol–water partition coefficient (Wildman–Crippen LogP) is 0.866. The molecular formula is C20H25NO7. The van der Waals surface area contributed by atoms with Crippen LogP contribution in [0, 0.1) is 5.92 Å². The van der Waals surface area contributed by atoms with Crippen LogP contribution >= 0.6 is 0 Å². The largest absolute Gasteiger partial charge is 0.497 e. The van der Waals surface area contributed by atoms with Gasteiger partial charge >= 0.3 is 5.97 Å². The van der Waals surface area contributed by atoms with Crippen molar-refractivity contribution in [2.75, 3.05) is 46.6 Å². The summed E-state index contributed by atoms with van der Waals surface area (Å²) >= 11 is 0. The fourth-order valence-corrected chi connectivity index (χ4v) is 3.31. The quantitative estimate of drug-likeness (QED) is 0.452. The molecule has 2 heterocycles. The fourth-order valence-electron chi connectivity index (χ4n) is 3.31. The molecule has 2 aliphatic heterocycles. The van der Waals surface area contributed by atoms with Crippen LogP contribution in [-0.2, 0) is 23.9 Å². The molecule has 0 radical (unpaired) electrons. The van der Waals surface area contributed by atoms with Gasteiger partial charge in [-0.15, -0.1) is 0 Å². The van der Waals surface area contributed by atoms with Gasteiger partial charge in [0.05, 0.1) is 20.3 Å². The van der Waals surface area contributed by atoms with Crippen LogP contribution in [0.15, 0.2) is 24.3 Å². The second-order valence-corrected chi connectivity index (χ2v) is 6.79. The minimum Gasteiger partial charge on any atom is -0.497 e. The van der Waals surface area contributed by atoms with Gasteiger partial charge in [-0.2, -0.15) is 0 Å². The van der Waals surface area contributed by atoms with Crippen molar-refractivity contribution in [3.8, 4) is 11.5 Å². The highest BCUT2D eigenvalue weighted by atomic mass is 16.6. The van der Waals surface area contributed by atoms with E-state index < -0.39 is 29.6 Å². The van der Waals surface area contributed by atoms with Gasteiger partial charge in [-0.1, -0.05) is 6.07 Å². The van der Waals surface area contributed by atoms with Crippen LogP contribution in [0.5, 0.6) is 11.5 Å². The Hall–Kier alpha value is -2.45. The number of carbonyl (C=O) groups excluding carboxylic acids is 3. The Morgan fingerprint density at radius 3 is 2.71 bits per heavy atom. The zero-order chi connectivity index (χ0) is 19.9. The van der Waals surface area contributed by atoms with Crippen molar-refractivity contribution in [3.05, 3.63) is 24.3 Å². The number of hydrogen-bond donors (Lipinski definition) is 0. The molecule has 1 aromatic carbocycles. The monoisotopic (exact) mass is 391 g/mol. The molecule has 0 N–H and O–H groups in total. The van der Waals surface area contributed by atoms with Gasteiger partial charge in [0.15, 0.2) is 23.6 Å². The van der Waals surface area contributed by atoms with Crippen molar-refractivity contribution in [2.45, 2.75) is 18.9 Å². The number of cyclic esters (lactones) is 1. The van der Waals surface area contributed by atoms with Gasteiger partial charge in [-0.25, -0.2) is 0 Å². The minimum absolute atomic E-state index is 0.376. The second-order valence-electron chi connectivity index (χ2n) is 6.79. The lowest BCUT2D eigenvalue weighted by molar-refractivity contribution is -0.147. The number of morpholine rings is 1. The van der Waals surface area contributed by atoms with Crippen LogP contribution in [0.3, 0.4) is 0 Å². The van der Waals surface area contributed by atoms with Gasteiger partial charge in [-0.05, 0) is 31.5 Å². The van der Waals surface area contributed by atoms with E-state index in [-0.39, 0.29) is 6.61 Å². The molecule has 8 heteroatoms. The van der Waals surface area contributed by atoms with E-state index >= 15 is 0 Å². The highest BCUT2D eigenvalue weighted by Gasteiger charge is 2.47. The first-order valence-corrected chi connectivity index (χ1v) is 9.42. The molecule has 2 atom stereocenters. The standard InChI is InChI=1S/C20H25NO7/c1-25-14-4-2-5-15(12-14)27-13-16(22)18-19(23)17(28-20(18)24)6-3-7-21-8-10-26-11-9-21/h2,4-5,12,17-18H,3,6-11,13H2,1H3. The van der Waals surface area contributed by atoms with E-state index in [1.807, 2.05) is 0 Å². The van der Waals surface area contributed by atoms with E-state index in [1.54, 1.807) is 24.3 Å². The molecule has 3 rings (SSSR count). The van der Waals surface area contributed by atoms with E-state index in [2.05, 4.69) is 4.90 Å². The number of hydrogen-bond acceptors (Lipinski definition) is 8. The summed E-state index contributed by atoms with van der Waals surface area (Å²) in [5.41, 5.74) is 0. The lowest BCUT2D eigenvalue weighted by Crippen LogP contribution is -2.37. The molecule has 0 aliphatic carbocycles. The Labute approximate surface area is 163 Å². The smallest absolute Gasteiger partial charge is 0.325 e. The first-order chi connectivity index (χ1) is 13.6. The minimum atomic E-state index is -1.39. The Bertz CT molecular complexity index is 714. The molecule has 0 aromatic heterocycles. The second kappa shape index (κ2) is 9.66. The molecule has 0 amide bonds. The lowest BCUT2D eigenvalue weighted by Gasteiger charge is -2.26. The van der Waals surface area contributed by atoms with Crippen molar-refractivity contribution in [1.29, 1.82) is 0 Å². The lowest BCUT2D eigenvalue weighted by atomic mass is 9.96. The summed E-state index contributed by atoms with van der Waals surface area (Å²) in [4.78, 5) is 39.1. The number of Topliss-reactive ketones (excluding diaryl/α,β-unsaturated/α-hetero) is 2. The zero-order valence-corrected chi connectivity index (χ0v) is 15.9. The number of benzene rings is 1. The summed E-state index contributed by atoms with van der Waals surface area (Å²) in [6.07, 6.45) is 0.284. The molecule has 2 aliphatic rings. The van der Waals surface area contributed by atoms with Crippen molar-refractivity contribution in [1.82, 2.24) is 4.90 Å². The number of methoxy groups -OCH3 is 1. The van der Waals surface area contributed by atoms with E-state index in [1.165, 1.54) is 7.11 Å². The number of esters is 1. The number of nitrogens with zero attached hydrogens (tertiary/aromatic N) is 1. The number of rotatable bonds is 9. The maximum Gasteiger partial charge on any atom is 0.325 e. The molecule has 8 nitrogen and oxygen atoms in total. The first-order valence-electron chi connectivity index (χ1n) is 9.42. The molecule has 152 valence electrons. The van der Waals surface area contributed by atoms with E-state index in [4.69, 9.17) is 18.9 Å². The fraction of sp³-hybridized carbons (Fsp3) is 0.550. The summed E-state index contributed by atoms with van der Waals surface area (Å²) in [5, 5.41) is 0. The van der Waals surface area contributed by atoms with E-state index in [0.717, 1.165) is 19.6 Å². The van der Waals surface area contributed by atoms with Crippen LogP contribution in [-0.4, -0.2) is 75.1 Å². The van der Waals surface area contributed by atoms with Gasteiger partial charge in [0.25, 0.3) is 0 Å². The third-order valence-electron chi connectivity index (χ3n) is 4.88. The van der Waals surface area contributed by atoms with E-state index in [0.29, 0.717) is 37.6 Å². The van der Waals surface area contributed by atoms with E-state index in [9.17, 15) is 14.4 Å². The normalized spacial score (nSPS) is 22.8. The molecule has 0 saturated carbocycles.